The van der Waals surface area contributed by atoms with E-state index in [-0.39, 0.29) is 12.3 Å². The van der Waals surface area contributed by atoms with Crippen LogP contribution in [-0.4, -0.2) is 20.9 Å². The normalized spacial score (nSPS) is 11.7. The number of aromatic nitrogens is 3. The number of ether oxygens (including phenoxy) is 1. The Balaban J connectivity index is 1.69. The van der Waals surface area contributed by atoms with Crippen LogP contribution in [0.2, 0.25) is 0 Å². The molecule has 4 aromatic rings. The molecule has 0 saturated heterocycles. The van der Waals surface area contributed by atoms with Gasteiger partial charge in [0.15, 0.2) is 5.58 Å². The van der Waals surface area contributed by atoms with Crippen LogP contribution >= 0.6 is 0 Å². The van der Waals surface area contributed by atoms with Crippen molar-refractivity contribution in [3.05, 3.63) is 77.3 Å². The summed E-state index contributed by atoms with van der Waals surface area (Å²) in [6.45, 7) is 0.182. The molecule has 0 aliphatic rings. The Morgan fingerprint density at radius 2 is 1.79 bits per heavy atom. The van der Waals surface area contributed by atoms with Crippen LogP contribution in [0, 0.1) is 0 Å². The SMILES string of the molecule is O=c1oc2ccc(-c3ccc(OC(F)(F)F)cc3)cc2n1Cc1cnccn1. The topological polar surface area (TPSA) is 70.2 Å². The van der Waals surface area contributed by atoms with Crippen molar-refractivity contribution in [3.63, 3.8) is 0 Å². The van der Waals surface area contributed by atoms with E-state index in [1.165, 1.54) is 41.2 Å². The number of hydrogen-bond donors (Lipinski definition) is 0. The van der Waals surface area contributed by atoms with Gasteiger partial charge < -0.3 is 9.15 Å². The largest absolute Gasteiger partial charge is 0.573 e. The maximum absolute atomic E-state index is 12.3. The van der Waals surface area contributed by atoms with Crippen molar-refractivity contribution in [1.82, 2.24) is 14.5 Å². The highest BCUT2D eigenvalue weighted by Crippen LogP contribution is 2.28. The molecule has 0 saturated carbocycles. The molecule has 4 rings (SSSR count). The lowest BCUT2D eigenvalue weighted by atomic mass is 10.1. The van der Waals surface area contributed by atoms with E-state index in [1.807, 2.05) is 0 Å². The Hall–Kier alpha value is -3.62. The highest BCUT2D eigenvalue weighted by molar-refractivity contribution is 5.80. The number of alkyl halides is 3. The second kappa shape index (κ2) is 6.84. The number of hydrogen-bond acceptors (Lipinski definition) is 5. The lowest BCUT2D eigenvalue weighted by Crippen LogP contribution is -2.16. The number of benzene rings is 2. The van der Waals surface area contributed by atoms with E-state index in [4.69, 9.17) is 4.42 Å². The monoisotopic (exact) mass is 387 g/mol. The average molecular weight is 387 g/mol. The van der Waals surface area contributed by atoms with Crippen LogP contribution in [0.1, 0.15) is 5.69 Å². The lowest BCUT2D eigenvalue weighted by molar-refractivity contribution is -0.274. The standard InChI is InChI=1S/C19H12F3N3O3/c20-19(21,22)28-15-4-1-12(2-5-15)13-3-6-17-16(9-13)25(18(26)27-17)11-14-10-23-7-8-24-14/h1-10H,11H2. The van der Waals surface area contributed by atoms with Crippen LogP contribution in [0.3, 0.4) is 0 Å². The molecule has 142 valence electrons. The first-order valence-electron chi connectivity index (χ1n) is 8.13. The van der Waals surface area contributed by atoms with Gasteiger partial charge in [-0.15, -0.1) is 13.2 Å². The van der Waals surface area contributed by atoms with Crippen molar-refractivity contribution in [2.75, 3.05) is 0 Å². The minimum Gasteiger partial charge on any atom is -0.408 e. The summed E-state index contributed by atoms with van der Waals surface area (Å²) in [7, 11) is 0. The Morgan fingerprint density at radius 3 is 2.46 bits per heavy atom. The molecule has 0 radical (unpaired) electrons. The summed E-state index contributed by atoms with van der Waals surface area (Å²) in [5.41, 5.74) is 2.90. The van der Waals surface area contributed by atoms with Crippen LogP contribution in [-0.2, 0) is 6.54 Å². The molecule has 0 atom stereocenters. The number of halogens is 3. The molecule has 0 amide bonds. The van der Waals surface area contributed by atoms with Crippen molar-refractivity contribution < 1.29 is 22.3 Å². The van der Waals surface area contributed by atoms with Gasteiger partial charge in [-0.25, -0.2) is 4.79 Å². The Kier molecular flexibility index (Phi) is 4.34. The quantitative estimate of drug-likeness (QED) is 0.529. The van der Waals surface area contributed by atoms with Gasteiger partial charge in [-0.1, -0.05) is 18.2 Å². The van der Waals surface area contributed by atoms with Crippen molar-refractivity contribution in [2.45, 2.75) is 12.9 Å². The molecular weight excluding hydrogens is 375 g/mol. The summed E-state index contributed by atoms with van der Waals surface area (Å²) < 4.78 is 47.4. The molecule has 0 unspecified atom stereocenters. The van der Waals surface area contributed by atoms with Gasteiger partial charge in [0.05, 0.1) is 24.0 Å². The van der Waals surface area contributed by atoms with Gasteiger partial charge in [-0.2, -0.15) is 0 Å². The number of nitrogens with zero attached hydrogens (tertiary/aromatic N) is 3. The highest BCUT2D eigenvalue weighted by atomic mass is 19.4. The fourth-order valence-electron chi connectivity index (χ4n) is 2.81. The average Bonchev–Trinajstić information content (AvgIpc) is 2.97. The van der Waals surface area contributed by atoms with E-state index in [0.29, 0.717) is 27.9 Å². The number of rotatable bonds is 4. The van der Waals surface area contributed by atoms with Crippen LogP contribution in [0.25, 0.3) is 22.2 Å². The van der Waals surface area contributed by atoms with Gasteiger partial charge in [0.1, 0.15) is 5.75 Å². The van der Waals surface area contributed by atoms with Crippen LogP contribution in [0.5, 0.6) is 5.75 Å². The molecular formula is C19H12F3N3O3. The second-order valence-electron chi connectivity index (χ2n) is 5.91. The fourth-order valence-corrected chi connectivity index (χ4v) is 2.81. The molecule has 0 bridgehead atoms. The Morgan fingerprint density at radius 1 is 1.04 bits per heavy atom. The summed E-state index contributed by atoms with van der Waals surface area (Å²) in [6.07, 6.45) is -0.134. The maximum Gasteiger partial charge on any atom is 0.573 e. The molecule has 2 heterocycles. The first-order chi connectivity index (χ1) is 13.4. The minimum atomic E-state index is -4.74. The van der Waals surface area contributed by atoms with E-state index in [0.717, 1.165) is 0 Å². The molecule has 28 heavy (non-hydrogen) atoms. The summed E-state index contributed by atoms with van der Waals surface area (Å²) >= 11 is 0. The van der Waals surface area contributed by atoms with Gasteiger partial charge in [-0.3, -0.25) is 14.5 Å². The van der Waals surface area contributed by atoms with Crippen molar-refractivity contribution in [2.24, 2.45) is 0 Å². The van der Waals surface area contributed by atoms with Crippen LogP contribution in [0.15, 0.2) is 70.3 Å². The summed E-state index contributed by atoms with van der Waals surface area (Å²) in [6, 6.07) is 10.6. The maximum atomic E-state index is 12.3. The van der Waals surface area contributed by atoms with Crippen molar-refractivity contribution in [3.8, 4) is 16.9 Å². The molecule has 0 aliphatic heterocycles. The third kappa shape index (κ3) is 3.73. The van der Waals surface area contributed by atoms with Gasteiger partial charge in [0, 0.05) is 12.4 Å². The molecule has 0 spiro atoms. The van der Waals surface area contributed by atoms with Gasteiger partial charge in [-0.05, 0) is 35.4 Å². The van der Waals surface area contributed by atoms with E-state index in [9.17, 15) is 18.0 Å². The molecule has 0 fully saturated rings. The predicted molar refractivity (Wildman–Crippen MR) is 93.7 cm³/mol. The Labute approximate surface area is 155 Å². The molecule has 0 N–H and O–H groups in total. The summed E-state index contributed by atoms with van der Waals surface area (Å²) in [5, 5.41) is 0. The zero-order valence-electron chi connectivity index (χ0n) is 14.2. The highest BCUT2D eigenvalue weighted by Gasteiger charge is 2.30. The predicted octanol–water partition coefficient (Wildman–Crippen LogP) is 4.00. The molecule has 2 aromatic carbocycles. The first kappa shape index (κ1) is 17.8. The zero-order valence-corrected chi connectivity index (χ0v) is 14.2. The van der Waals surface area contributed by atoms with Crippen molar-refractivity contribution in [1.29, 1.82) is 0 Å². The second-order valence-corrected chi connectivity index (χ2v) is 5.91. The molecule has 2 aromatic heterocycles. The van der Waals surface area contributed by atoms with E-state index in [1.54, 1.807) is 24.4 Å². The first-order valence-corrected chi connectivity index (χ1v) is 8.13. The van der Waals surface area contributed by atoms with E-state index >= 15 is 0 Å². The fraction of sp³-hybridized carbons (Fsp3) is 0.105. The third-order valence-electron chi connectivity index (χ3n) is 4.03. The zero-order chi connectivity index (χ0) is 19.7. The van der Waals surface area contributed by atoms with E-state index in [2.05, 4.69) is 14.7 Å². The number of fused-ring (bicyclic) bond motifs is 1. The molecule has 6 nitrogen and oxygen atoms in total. The Bertz CT molecular complexity index is 1170. The van der Waals surface area contributed by atoms with Crippen LogP contribution < -0.4 is 10.5 Å². The van der Waals surface area contributed by atoms with E-state index < -0.39 is 12.1 Å². The lowest BCUT2D eigenvalue weighted by Gasteiger charge is -2.09. The van der Waals surface area contributed by atoms with Gasteiger partial charge in [0.2, 0.25) is 0 Å². The summed E-state index contributed by atoms with van der Waals surface area (Å²) in [4.78, 5) is 20.3. The smallest absolute Gasteiger partial charge is 0.408 e. The minimum absolute atomic E-state index is 0.182. The molecule has 9 heteroatoms. The molecule has 0 aliphatic carbocycles. The van der Waals surface area contributed by atoms with Gasteiger partial charge >= 0.3 is 12.1 Å². The van der Waals surface area contributed by atoms with Crippen LogP contribution in [0.4, 0.5) is 13.2 Å². The summed E-state index contributed by atoms with van der Waals surface area (Å²) in [5.74, 6) is -0.841. The third-order valence-corrected chi connectivity index (χ3v) is 4.03. The van der Waals surface area contributed by atoms with Gasteiger partial charge in [0.25, 0.3) is 0 Å². The van der Waals surface area contributed by atoms with Crippen molar-refractivity contribution >= 4 is 11.1 Å². The number of oxazole rings is 1.